The molecule has 0 spiro atoms. The molecule has 0 unspecified atom stereocenters. The summed E-state index contributed by atoms with van der Waals surface area (Å²) >= 11 is 0. The molecule has 3 nitrogen and oxygen atoms in total. The lowest BCUT2D eigenvalue weighted by molar-refractivity contribution is 0.741. The van der Waals surface area contributed by atoms with Crippen LogP contribution in [0, 0.1) is 0 Å². The van der Waals surface area contributed by atoms with Crippen LogP contribution in [0.1, 0.15) is 22.3 Å². The van der Waals surface area contributed by atoms with Gasteiger partial charge in [-0.05, 0) is 28.8 Å². The molecule has 5 aromatic rings. The summed E-state index contributed by atoms with van der Waals surface area (Å²) in [5.74, 6) is 0. The third-order valence-corrected chi connectivity index (χ3v) is 6.34. The number of rotatable bonds is 3. The first-order valence-corrected chi connectivity index (χ1v) is 10.7. The van der Waals surface area contributed by atoms with Gasteiger partial charge in [-0.25, -0.2) is 0 Å². The molecule has 1 heterocycles. The molecule has 0 radical (unpaired) electrons. The Hall–Kier alpha value is -4.24. The highest BCUT2D eigenvalue weighted by molar-refractivity contribution is 5.83. The molecule has 1 aromatic heterocycles. The van der Waals surface area contributed by atoms with Crippen molar-refractivity contribution in [2.45, 2.75) is 5.41 Å². The highest BCUT2D eigenvalue weighted by atomic mass is 16.1. The fourth-order valence-corrected chi connectivity index (χ4v) is 5.02. The molecule has 4 aromatic carbocycles. The topological polar surface area (TPSA) is 34.9 Å². The predicted octanol–water partition coefficient (Wildman–Crippen LogP) is 5.60. The van der Waals surface area contributed by atoms with Gasteiger partial charge in [0.05, 0.1) is 16.8 Å². The highest BCUT2D eigenvalue weighted by Crippen LogP contribution is 2.54. The van der Waals surface area contributed by atoms with Crippen LogP contribution in [-0.2, 0) is 5.41 Å². The molecule has 3 heteroatoms. The number of fused-ring (bicyclic) bond motifs is 3. The van der Waals surface area contributed by atoms with Gasteiger partial charge in [-0.1, -0.05) is 103 Å². The van der Waals surface area contributed by atoms with E-state index in [2.05, 4.69) is 66.7 Å². The maximum atomic E-state index is 13.4. The van der Waals surface area contributed by atoms with Crippen LogP contribution in [0.15, 0.2) is 126 Å². The van der Waals surface area contributed by atoms with Crippen LogP contribution in [-0.4, -0.2) is 9.78 Å². The summed E-state index contributed by atoms with van der Waals surface area (Å²) in [7, 11) is 0. The van der Waals surface area contributed by atoms with E-state index in [1.807, 2.05) is 48.5 Å². The van der Waals surface area contributed by atoms with Crippen LogP contribution < -0.4 is 5.56 Å². The quantitative estimate of drug-likeness (QED) is 0.379. The molecule has 0 atom stereocenters. The lowest BCUT2D eigenvalue weighted by Gasteiger charge is -2.33. The zero-order chi connectivity index (χ0) is 21.5. The molecule has 1 aliphatic carbocycles. The second-order valence-electron chi connectivity index (χ2n) is 8.02. The van der Waals surface area contributed by atoms with Crippen LogP contribution in [0.5, 0.6) is 0 Å². The fraction of sp³-hybridized carbons (Fsp3) is 0.0345. The third-order valence-electron chi connectivity index (χ3n) is 6.34. The first kappa shape index (κ1) is 18.5. The van der Waals surface area contributed by atoms with E-state index in [-0.39, 0.29) is 5.56 Å². The van der Waals surface area contributed by atoms with Gasteiger partial charge >= 0.3 is 0 Å². The van der Waals surface area contributed by atoms with E-state index in [1.54, 1.807) is 6.07 Å². The Balaban J connectivity index is 1.76. The standard InChI is InChI=1S/C29H20N2O/c32-27-20-26-28(30-31(27)23-16-8-3-9-17-23)24-18-10-11-19-25(24)29(26,21-12-4-1-5-13-21)22-14-6-2-7-15-22/h1-20H. The minimum atomic E-state index is -0.601. The SMILES string of the molecule is O=c1cc2c(nn1-c1ccccc1)-c1ccccc1C2(c1ccccc1)c1ccccc1. The monoisotopic (exact) mass is 412 g/mol. The van der Waals surface area contributed by atoms with Gasteiger partial charge in [0.2, 0.25) is 0 Å². The molecule has 1 aliphatic rings. The summed E-state index contributed by atoms with van der Waals surface area (Å²) in [6.45, 7) is 0. The Morgan fingerprint density at radius 1 is 0.594 bits per heavy atom. The van der Waals surface area contributed by atoms with Crippen molar-refractivity contribution in [2.24, 2.45) is 0 Å². The van der Waals surface area contributed by atoms with E-state index in [1.165, 1.54) is 4.68 Å². The average molecular weight is 412 g/mol. The normalized spacial score (nSPS) is 13.4. The molecule has 152 valence electrons. The zero-order valence-electron chi connectivity index (χ0n) is 17.3. The summed E-state index contributed by atoms with van der Waals surface area (Å²) in [6, 6.07) is 40.6. The molecule has 0 fully saturated rings. The van der Waals surface area contributed by atoms with Crippen molar-refractivity contribution in [3.8, 4) is 16.9 Å². The van der Waals surface area contributed by atoms with Gasteiger partial charge in [-0.3, -0.25) is 4.79 Å². The lowest BCUT2D eigenvalue weighted by atomic mass is 9.68. The van der Waals surface area contributed by atoms with Gasteiger partial charge in [0.1, 0.15) is 0 Å². The van der Waals surface area contributed by atoms with Crippen molar-refractivity contribution in [1.82, 2.24) is 9.78 Å². The van der Waals surface area contributed by atoms with Crippen LogP contribution in [0.25, 0.3) is 16.9 Å². The molecule has 0 saturated heterocycles. The Kier molecular flexibility index (Phi) is 4.15. The van der Waals surface area contributed by atoms with Crippen molar-refractivity contribution < 1.29 is 0 Å². The summed E-state index contributed by atoms with van der Waals surface area (Å²) in [6.07, 6.45) is 0. The second-order valence-corrected chi connectivity index (χ2v) is 8.02. The number of hydrogen-bond acceptors (Lipinski definition) is 2. The molecule has 0 amide bonds. The number of nitrogens with zero attached hydrogens (tertiary/aromatic N) is 2. The average Bonchev–Trinajstić information content (AvgIpc) is 3.15. The zero-order valence-corrected chi connectivity index (χ0v) is 17.3. The number of hydrogen-bond donors (Lipinski definition) is 0. The van der Waals surface area contributed by atoms with E-state index < -0.39 is 5.41 Å². The predicted molar refractivity (Wildman–Crippen MR) is 127 cm³/mol. The maximum Gasteiger partial charge on any atom is 0.271 e. The van der Waals surface area contributed by atoms with Crippen molar-refractivity contribution in [1.29, 1.82) is 0 Å². The maximum absolute atomic E-state index is 13.4. The van der Waals surface area contributed by atoms with Crippen molar-refractivity contribution in [2.75, 3.05) is 0 Å². The summed E-state index contributed by atoms with van der Waals surface area (Å²) < 4.78 is 1.50. The van der Waals surface area contributed by atoms with Crippen LogP contribution >= 0.6 is 0 Å². The largest absolute Gasteiger partial charge is 0.271 e. The van der Waals surface area contributed by atoms with E-state index in [0.29, 0.717) is 0 Å². The molecule has 32 heavy (non-hydrogen) atoms. The summed E-state index contributed by atoms with van der Waals surface area (Å²) in [5.41, 5.74) is 6.23. The number of benzene rings is 4. The summed E-state index contributed by atoms with van der Waals surface area (Å²) in [5, 5.41) is 4.91. The summed E-state index contributed by atoms with van der Waals surface area (Å²) in [4.78, 5) is 13.4. The van der Waals surface area contributed by atoms with E-state index in [9.17, 15) is 4.79 Å². The van der Waals surface area contributed by atoms with Crippen molar-refractivity contribution in [3.05, 3.63) is 154 Å². The van der Waals surface area contributed by atoms with E-state index >= 15 is 0 Å². The molecular formula is C29H20N2O. The van der Waals surface area contributed by atoms with Crippen molar-refractivity contribution in [3.63, 3.8) is 0 Å². The lowest BCUT2D eigenvalue weighted by Crippen LogP contribution is -2.31. The van der Waals surface area contributed by atoms with Gasteiger partial charge in [0.15, 0.2) is 0 Å². The Bertz CT molecular complexity index is 1430. The fourth-order valence-electron chi connectivity index (χ4n) is 5.02. The number of para-hydroxylation sites is 1. The molecule has 0 saturated carbocycles. The third kappa shape index (κ3) is 2.55. The smallest absolute Gasteiger partial charge is 0.267 e. The highest BCUT2D eigenvalue weighted by Gasteiger charge is 2.47. The van der Waals surface area contributed by atoms with E-state index in [0.717, 1.165) is 39.2 Å². The van der Waals surface area contributed by atoms with Gasteiger partial charge in [-0.2, -0.15) is 9.78 Å². The molecular weight excluding hydrogens is 392 g/mol. The Morgan fingerprint density at radius 3 is 1.75 bits per heavy atom. The second kappa shape index (κ2) is 7.17. The minimum Gasteiger partial charge on any atom is -0.267 e. The first-order chi connectivity index (χ1) is 15.8. The van der Waals surface area contributed by atoms with Gasteiger partial charge in [0, 0.05) is 17.2 Å². The number of aromatic nitrogens is 2. The van der Waals surface area contributed by atoms with Crippen LogP contribution in [0.4, 0.5) is 0 Å². The minimum absolute atomic E-state index is 0.140. The Morgan fingerprint density at radius 2 is 1.12 bits per heavy atom. The molecule has 0 aliphatic heterocycles. The first-order valence-electron chi connectivity index (χ1n) is 10.7. The molecule has 0 bridgehead atoms. The van der Waals surface area contributed by atoms with Crippen molar-refractivity contribution >= 4 is 0 Å². The molecule has 0 N–H and O–H groups in total. The van der Waals surface area contributed by atoms with Crippen LogP contribution in [0.3, 0.4) is 0 Å². The van der Waals surface area contributed by atoms with Crippen LogP contribution in [0.2, 0.25) is 0 Å². The van der Waals surface area contributed by atoms with Gasteiger partial charge < -0.3 is 0 Å². The van der Waals surface area contributed by atoms with Gasteiger partial charge in [-0.15, -0.1) is 0 Å². The molecule has 6 rings (SSSR count). The van der Waals surface area contributed by atoms with E-state index in [4.69, 9.17) is 5.10 Å². The Labute approximate surface area is 186 Å². The van der Waals surface area contributed by atoms with Gasteiger partial charge in [0.25, 0.3) is 5.56 Å².